The molecule has 4 heteroatoms. The lowest BCUT2D eigenvalue weighted by Crippen LogP contribution is -2.36. The van der Waals surface area contributed by atoms with E-state index in [1.165, 1.54) is 11.8 Å². The summed E-state index contributed by atoms with van der Waals surface area (Å²) in [5.41, 5.74) is 2.32. The van der Waals surface area contributed by atoms with E-state index >= 15 is 0 Å². The number of ether oxygens (including phenoxy) is 1. The molecule has 0 unspecified atom stereocenters. The first-order chi connectivity index (χ1) is 9.29. The molecule has 0 radical (unpaired) electrons. The Morgan fingerprint density at radius 1 is 1.32 bits per heavy atom. The summed E-state index contributed by atoms with van der Waals surface area (Å²) in [6, 6.07) is 8.31. The van der Waals surface area contributed by atoms with E-state index in [1.807, 2.05) is 6.92 Å². The molecule has 102 valence electrons. The normalized spacial score (nSPS) is 15.7. The zero-order valence-corrected chi connectivity index (χ0v) is 11.3. The number of amides is 1. The second-order valence-corrected chi connectivity index (χ2v) is 4.48. The summed E-state index contributed by atoms with van der Waals surface area (Å²) in [6.07, 6.45) is 3.26. The van der Waals surface area contributed by atoms with Crippen molar-refractivity contribution in [3.8, 4) is 0 Å². The van der Waals surface area contributed by atoms with Crippen molar-refractivity contribution in [2.24, 2.45) is 0 Å². The number of allylic oxidation sites excluding steroid dienone is 1. The summed E-state index contributed by atoms with van der Waals surface area (Å²) >= 11 is 0. The number of nitrogens with zero attached hydrogens (tertiary/aromatic N) is 1. The van der Waals surface area contributed by atoms with E-state index in [2.05, 4.69) is 34.5 Å². The maximum Gasteiger partial charge on any atom is 0.243 e. The first kappa shape index (κ1) is 13.6. The van der Waals surface area contributed by atoms with Crippen LogP contribution in [0.3, 0.4) is 0 Å². The van der Waals surface area contributed by atoms with E-state index in [1.54, 1.807) is 6.08 Å². The molecule has 1 aromatic rings. The van der Waals surface area contributed by atoms with Gasteiger partial charge >= 0.3 is 0 Å². The third-order valence-corrected chi connectivity index (χ3v) is 3.10. The largest absolute Gasteiger partial charge is 0.378 e. The molecule has 0 aliphatic carbocycles. The molecule has 0 aromatic heterocycles. The average molecular weight is 260 g/mol. The average Bonchev–Trinajstić information content (AvgIpc) is 2.47. The van der Waals surface area contributed by atoms with Crippen molar-refractivity contribution in [3.05, 3.63) is 42.0 Å². The van der Waals surface area contributed by atoms with Crippen molar-refractivity contribution in [1.82, 2.24) is 5.32 Å². The van der Waals surface area contributed by atoms with Gasteiger partial charge in [-0.2, -0.15) is 0 Å². The van der Waals surface area contributed by atoms with Crippen LogP contribution in [0.1, 0.15) is 12.5 Å². The highest BCUT2D eigenvalue weighted by Crippen LogP contribution is 2.16. The maximum atomic E-state index is 11.3. The van der Waals surface area contributed by atoms with Gasteiger partial charge in [-0.25, -0.2) is 0 Å². The molecule has 1 aliphatic rings. The number of rotatable bonds is 4. The van der Waals surface area contributed by atoms with Gasteiger partial charge in [0.15, 0.2) is 0 Å². The Morgan fingerprint density at radius 2 is 2.00 bits per heavy atom. The van der Waals surface area contributed by atoms with E-state index in [9.17, 15) is 4.79 Å². The monoisotopic (exact) mass is 260 g/mol. The first-order valence-corrected chi connectivity index (χ1v) is 6.62. The molecule has 1 aromatic carbocycles. The molecular formula is C15H20N2O2. The van der Waals surface area contributed by atoms with Crippen molar-refractivity contribution in [2.75, 3.05) is 31.2 Å². The molecule has 4 nitrogen and oxygen atoms in total. The summed E-state index contributed by atoms with van der Waals surface area (Å²) in [4.78, 5) is 13.6. The SMILES string of the molecule is C/C=C/C(=O)NCc1ccc(N2CCOCC2)cc1. The van der Waals surface area contributed by atoms with Crippen LogP contribution in [0.15, 0.2) is 36.4 Å². The predicted octanol–water partition coefficient (Wildman–Crippen LogP) is 1.72. The third-order valence-electron chi connectivity index (χ3n) is 3.10. The van der Waals surface area contributed by atoms with E-state index in [-0.39, 0.29) is 5.91 Å². The minimum absolute atomic E-state index is 0.0558. The number of carbonyl (C=O) groups excluding carboxylic acids is 1. The fourth-order valence-corrected chi connectivity index (χ4v) is 2.05. The summed E-state index contributed by atoms with van der Waals surface area (Å²) in [6.45, 7) is 5.86. The molecule has 19 heavy (non-hydrogen) atoms. The minimum Gasteiger partial charge on any atom is -0.378 e. The third kappa shape index (κ3) is 4.10. The van der Waals surface area contributed by atoms with Crippen molar-refractivity contribution in [3.63, 3.8) is 0 Å². The molecule has 1 heterocycles. The Labute approximate surface area is 114 Å². The second kappa shape index (κ2) is 6.95. The highest BCUT2D eigenvalue weighted by atomic mass is 16.5. The summed E-state index contributed by atoms with van der Waals surface area (Å²) in [5, 5.41) is 2.84. The van der Waals surface area contributed by atoms with Gasteiger partial charge in [-0.3, -0.25) is 4.79 Å². The number of morpholine rings is 1. The smallest absolute Gasteiger partial charge is 0.243 e. The molecule has 2 rings (SSSR count). The summed E-state index contributed by atoms with van der Waals surface area (Å²) in [5.74, 6) is -0.0558. The van der Waals surface area contributed by atoms with E-state index in [0.717, 1.165) is 31.9 Å². The van der Waals surface area contributed by atoms with Gasteiger partial charge in [-0.05, 0) is 30.7 Å². The fraction of sp³-hybridized carbons (Fsp3) is 0.400. The van der Waals surface area contributed by atoms with Crippen molar-refractivity contribution >= 4 is 11.6 Å². The van der Waals surface area contributed by atoms with Crippen LogP contribution in [0.5, 0.6) is 0 Å². The Balaban J connectivity index is 1.89. The Morgan fingerprint density at radius 3 is 2.63 bits per heavy atom. The van der Waals surface area contributed by atoms with Crippen molar-refractivity contribution in [2.45, 2.75) is 13.5 Å². The number of hydrogen-bond donors (Lipinski definition) is 1. The maximum absolute atomic E-state index is 11.3. The molecule has 1 N–H and O–H groups in total. The van der Waals surface area contributed by atoms with Crippen LogP contribution in [0, 0.1) is 0 Å². The second-order valence-electron chi connectivity index (χ2n) is 4.48. The van der Waals surface area contributed by atoms with Crippen molar-refractivity contribution < 1.29 is 9.53 Å². The molecule has 1 saturated heterocycles. The lowest BCUT2D eigenvalue weighted by molar-refractivity contribution is -0.116. The summed E-state index contributed by atoms with van der Waals surface area (Å²) < 4.78 is 5.34. The Bertz CT molecular complexity index is 434. The highest BCUT2D eigenvalue weighted by molar-refractivity contribution is 5.87. The number of anilines is 1. The predicted molar refractivity (Wildman–Crippen MR) is 76.1 cm³/mol. The molecule has 1 amide bonds. The van der Waals surface area contributed by atoms with Gasteiger partial charge in [0.25, 0.3) is 0 Å². The molecule has 0 atom stereocenters. The molecule has 0 bridgehead atoms. The number of benzene rings is 1. The van der Waals surface area contributed by atoms with E-state index in [0.29, 0.717) is 6.54 Å². The lowest BCUT2D eigenvalue weighted by atomic mass is 10.2. The van der Waals surface area contributed by atoms with Crippen molar-refractivity contribution in [1.29, 1.82) is 0 Å². The molecule has 0 saturated carbocycles. The van der Waals surface area contributed by atoms with Crippen LogP contribution in [0.4, 0.5) is 5.69 Å². The van der Waals surface area contributed by atoms with Gasteiger partial charge in [0.1, 0.15) is 0 Å². The van der Waals surface area contributed by atoms with Crippen LogP contribution in [0.25, 0.3) is 0 Å². The quantitative estimate of drug-likeness (QED) is 0.838. The van der Waals surface area contributed by atoms with E-state index < -0.39 is 0 Å². The van der Waals surface area contributed by atoms with Crippen LogP contribution < -0.4 is 10.2 Å². The van der Waals surface area contributed by atoms with Gasteiger partial charge in [0.2, 0.25) is 5.91 Å². The standard InChI is InChI=1S/C15H20N2O2/c1-2-3-15(18)16-12-13-4-6-14(7-5-13)17-8-10-19-11-9-17/h2-7H,8-12H2,1H3,(H,16,18)/b3-2+. The van der Waals surface area contributed by atoms with Crippen LogP contribution >= 0.6 is 0 Å². The van der Waals surface area contributed by atoms with E-state index in [4.69, 9.17) is 4.74 Å². The first-order valence-electron chi connectivity index (χ1n) is 6.62. The minimum atomic E-state index is -0.0558. The zero-order valence-electron chi connectivity index (χ0n) is 11.3. The highest BCUT2D eigenvalue weighted by Gasteiger charge is 2.10. The Kier molecular flexibility index (Phi) is 4.98. The summed E-state index contributed by atoms with van der Waals surface area (Å²) in [7, 11) is 0. The van der Waals surface area contributed by atoms with Gasteiger partial charge < -0.3 is 15.0 Å². The van der Waals surface area contributed by atoms with Crippen LogP contribution in [-0.4, -0.2) is 32.2 Å². The Hall–Kier alpha value is -1.81. The number of nitrogens with one attached hydrogen (secondary N) is 1. The molecule has 1 fully saturated rings. The van der Waals surface area contributed by atoms with Crippen LogP contribution in [-0.2, 0) is 16.1 Å². The lowest BCUT2D eigenvalue weighted by Gasteiger charge is -2.28. The zero-order chi connectivity index (χ0) is 13.5. The topological polar surface area (TPSA) is 41.6 Å². The fourth-order valence-electron chi connectivity index (χ4n) is 2.05. The van der Waals surface area contributed by atoms with Gasteiger partial charge in [-0.1, -0.05) is 18.2 Å². The molecule has 1 aliphatic heterocycles. The molecule has 0 spiro atoms. The van der Waals surface area contributed by atoms with Gasteiger partial charge in [0.05, 0.1) is 13.2 Å². The molecular weight excluding hydrogens is 240 g/mol. The number of hydrogen-bond acceptors (Lipinski definition) is 3. The van der Waals surface area contributed by atoms with Gasteiger partial charge in [-0.15, -0.1) is 0 Å². The van der Waals surface area contributed by atoms with Gasteiger partial charge in [0, 0.05) is 25.3 Å². The number of carbonyl (C=O) groups is 1. The van der Waals surface area contributed by atoms with Crippen LogP contribution in [0.2, 0.25) is 0 Å².